The van der Waals surface area contributed by atoms with Gasteiger partial charge in [-0.15, -0.1) is 0 Å². The zero-order valence-corrected chi connectivity index (χ0v) is 13.3. The SMILES string of the molecule is CCc1ccc(CNS(=O)(=O)N2CCCC(CO)C2)cc1. The van der Waals surface area contributed by atoms with Crippen molar-refractivity contribution in [1.29, 1.82) is 0 Å². The van der Waals surface area contributed by atoms with Gasteiger partial charge in [0.25, 0.3) is 10.2 Å². The van der Waals surface area contributed by atoms with Gasteiger partial charge in [0.1, 0.15) is 0 Å². The quantitative estimate of drug-likeness (QED) is 0.831. The molecule has 1 aliphatic heterocycles. The fourth-order valence-corrected chi connectivity index (χ4v) is 3.86. The normalized spacial score (nSPS) is 20.6. The number of aryl methyl sites for hydroxylation is 1. The Morgan fingerprint density at radius 1 is 1.29 bits per heavy atom. The number of nitrogens with zero attached hydrogens (tertiary/aromatic N) is 1. The highest BCUT2D eigenvalue weighted by Gasteiger charge is 2.28. The van der Waals surface area contributed by atoms with E-state index in [-0.39, 0.29) is 12.5 Å². The van der Waals surface area contributed by atoms with E-state index >= 15 is 0 Å². The second kappa shape index (κ2) is 7.35. The van der Waals surface area contributed by atoms with Crippen molar-refractivity contribution in [3.63, 3.8) is 0 Å². The number of rotatable bonds is 6. The van der Waals surface area contributed by atoms with Crippen LogP contribution in [-0.2, 0) is 23.2 Å². The first-order valence-corrected chi connectivity index (χ1v) is 8.92. The van der Waals surface area contributed by atoms with Crippen molar-refractivity contribution in [2.45, 2.75) is 32.7 Å². The third kappa shape index (κ3) is 4.51. The number of aliphatic hydroxyl groups is 1. The van der Waals surface area contributed by atoms with Gasteiger partial charge in [-0.3, -0.25) is 0 Å². The average Bonchev–Trinajstić information content (AvgIpc) is 2.53. The molecule has 0 saturated carbocycles. The summed E-state index contributed by atoms with van der Waals surface area (Å²) >= 11 is 0. The Morgan fingerprint density at radius 3 is 2.57 bits per heavy atom. The summed E-state index contributed by atoms with van der Waals surface area (Å²) < 4.78 is 28.6. The van der Waals surface area contributed by atoms with E-state index in [1.165, 1.54) is 9.87 Å². The molecule has 2 rings (SSSR count). The van der Waals surface area contributed by atoms with E-state index in [9.17, 15) is 13.5 Å². The minimum atomic E-state index is -3.47. The van der Waals surface area contributed by atoms with Gasteiger partial charge < -0.3 is 5.11 Å². The van der Waals surface area contributed by atoms with Crippen LogP contribution in [0, 0.1) is 5.92 Å². The number of hydrogen-bond donors (Lipinski definition) is 2. The first kappa shape index (κ1) is 16.4. The average molecular weight is 312 g/mol. The molecule has 1 atom stereocenters. The largest absolute Gasteiger partial charge is 0.396 e. The van der Waals surface area contributed by atoms with Crippen LogP contribution in [0.5, 0.6) is 0 Å². The van der Waals surface area contributed by atoms with Gasteiger partial charge in [-0.25, -0.2) is 0 Å². The Morgan fingerprint density at radius 2 is 1.95 bits per heavy atom. The molecule has 0 spiro atoms. The van der Waals surface area contributed by atoms with Crippen LogP contribution in [-0.4, -0.2) is 37.5 Å². The van der Waals surface area contributed by atoms with E-state index in [2.05, 4.69) is 11.6 Å². The third-order valence-corrected chi connectivity index (χ3v) is 5.49. The van der Waals surface area contributed by atoms with Crippen molar-refractivity contribution in [2.75, 3.05) is 19.7 Å². The first-order chi connectivity index (χ1) is 10.0. The maximum Gasteiger partial charge on any atom is 0.279 e. The molecule has 1 heterocycles. The molecule has 1 fully saturated rings. The lowest BCUT2D eigenvalue weighted by molar-refractivity contribution is 0.164. The minimum Gasteiger partial charge on any atom is -0.396 e. The predicted molar refractivity (Wildman–Crippen MR) is 83.0 cm³/mol. The van der Waals surface area contributed by atoms with E-state index in [4.69, 9.17) is 0 Å². The van der Waals surface area contributed by atoms with Crippen LogP contribution >= 0.6 is 0 Å². The van der Waals surface area contributed by atoms with E-state index in [0.717, 1.165) is 24.8 Å². The van der Waals surface area contributed by atoms with Crippen LogP contribution in [0.1, 0.15) is 30.9 Å². The molecule has 2 N–H and O–H groups in total. The van der Waals surface area contributed by atoms with Crippen molar-refractivity contribution in [2.24, 2.45) is 5.92 Å². The molecule has 1 aromatic rings. The van der Waals surface area contributed by atoms with Crippen LogP contribution < -0.4 is 4.72 Å². The first-order valence-electron chi connectivity index (χ1n) is 7.48. The molecule has 1 aromatic carbocycles. The molecular formula is C15H24N2O3S. The molecule has 0 bridgehead atoms. The summed E-state index contributed by atoms with van der Waals surface area (Å²) in [5, 5.41) is 9.19. The molecule has 5 nitrogen and oxygen atoms in total. The summed E-state index contributed by atoms with van der Waals surface area (Å²) in [4.78, 5) is 0. The van der Waals surface area contributed by atoms with E-state index in [0.29, 0.717) is 19.6 Å². The summed E-state index contributed by atoms with van der Waals surface area (Å²) in [7, 11) is -3.47. The highest BCUT2D eigenvalue weighted by molar-refractivity contribution is 7.87. The lowest BCUT2D eigenvalue weighted by Crippen LogP contribution is -2.46. The summed E-state index contributed by atoms with van der Waals surface area (Å²) in [6, 6.07) is 7.95. The maximum atomic E-state index is 12.3. The van der Waals surface area contributed by atoms with Crippen LogP contribution in [0.25, 0.3) is 0 Å². The van der Waals surface area contributed by atoms with Gasteiger partial charge in [0.05, 0.1) is 0 Å². The highest BCUT2D eigenvalue weighted by atomic mass is 32.2. The number of piperidine rings is 1. The molecule has 21 heavy (non-hydrogen) atoms. The highest BCUT2D eigenvalue weighted by Crippen LogP contribution is 2.18. The van der Waals surface area contributed by atoms with Crippen molar-refractivity contribution in [3.05, 3.63) is 35.4 Å². The molecule has 6 heteroatoms. The number of aliphatic hydroxyl groups excluding tert-OH is 1. The molecule has 0 aromatic heterocycles. The van der Waals surface area contributed by atoms with E-state index in [1.807, 2.05) is 24.3 Å². The van der Waals surface area contributed by atoms with E-state index in [1.54, 1.807) is 0 Å². The minimum absolute atomic E-state index is 0.0461. The molecule has 1 unspecified atom stereocenters. The third-order valence-electron chi connectivity index (χ3n) is 3.97. The van der Waals surface area contributed by atoms with Gasteiger partial charge in [0.2, 0.25) is 0 Å². The smallest absolute Gasteiger partial charge is 0.279 e. The fraction of sp³-hybridized carbons (Fsp3) is 0.600. The van der Waals surface area contributed by atoms with Gasteiger partial charge in [0, 0.05) is 26.2 Å². The molecule has 0 amide bonds. The van der Waals surface area contributed by atoms with Crippen LogP contribution in [0.15, 0.2) is 24.3 Å². The molecule has 0 aliphatic carbocycles. The van der Waals surface area contributed by atoms with Gasteiger partial charge in [-0.1, -0.05) is 31.2 Å². The van der Waals surface area contributed by atoms with Crippen LogP contribution in [0.3, 0.4) is 0 Å². The molecule has 118 valence electrons. The van der Waals surface area contributed by atoms with Crippen LogP contribution in [0.4, 0.5) is 0 Å². The number of benzene rings is 1. The predicted octanol–water partition coefficient (Wildman–Crippen LogP) is 1.29. The number of nitrogens with one attached hydrogen (secondary N) is 1. The van der Waals surface area contributed by atoms with Gasteiger partial charge >= 0.3 is 0 Å². The Bertz CT molecular complexity index is 543. The zero-order chi connectivity index (χ0) is 15.3. The zero-order valence-electron chi connectivity index (χ0n) is 12.5. The lowest BCUT2D eigenvalue weighted by Gasteiger charge is -2.30. The lowest BCUT2D eigenvalue weighted by atomic mass is 10.0. The fourth-order valence-electron chi connectivity index (χ4n) is 2.55. The maximum absolute atomic E-state index is 12.3. The summed E-state index contributed by atoms with van der Waals surface area (Å²) in [6.45, 7) is 3.37. The summed E-state index contributed by atoms with van der Waals surface area (Å²) in [5.74, 6) is 0.0548. The van der Waals surface area contributed by atoms with Crippen molar-refractivity contribution >= 4 is 10.2 Å². The van der Waals surface area contributed by atoms with Gasteiger partial charge in [0.15, 0.2) is 0 Å². The van der Waals surface area contributed by atoms with E-state index < -0.39 is 10.2 Å². The molecule has 1 saturated heterocycles. The Kier molecular flexibility index (Phi) is 5.75. The van der Waals surface area contributed by atoms with Gasteiger partial charge in [-0.05, 0) is 36.3 Å². The van der Waals surface area contributed by atoms with Crippen molar-refractivity contribution in [1.82, 2.24) is 9.03 Å². The second-order valence-corrected chi connectivity index (χ2v) is 7.30. The van der Waals surface area contributed by atoms with Crippen molar-refractivity contribution in [3.8, 4) is 0 Å². The van der Waals surface area contributed by atoms with Gasteiger partial charge in [-0.2, -0.15) is 17.4 Å². The standard InChI is InChI=1S/C15H24N2O3S/c1-2-13-5-7-14(8-6-13)10-16-21(19,20)17-9-3-4-15(11-17)12-18/h5-8,15-16,18H,2-4,9-12H2,1H3. The Balaban J connectivity index is 1.93. The monoisotopic (exact) mass is 312 g/mol. The molecule has 1 aliphatic rings. The topological polar surface area (TPSA) is 69.6 Å². The second-order valence-electron chi connectivity index (χ2n) is 5.55. The molecule has 0 radical (unpaired) electrons. The van der Waals surface area contributed by atoms with Crippen LogP contribution in [0.2, 0.25) is 0 Å². The number of hydrogen-bond acceptors (Lipinski definition) is 3. The molecular weight excluding hydrogens is 288 g/mol. The Labute approximate surface area is 127 Å². The summed E-state index contributed by atoms with van der Waals surface area (Å²) in [6.07, 6.45) is 2.67. The van der Waals surface area contributed by atoms with Crippen molar-refractivity contribution < 1.29 is 13.5 Å². The Hall–Kier alpha value is -0.950. The summed E-state index contributed by atoms with van der Waals surface area (Å²) in [5.41, 5.74) is 2.19.